The van der Waals surface area contributed by atoms with Gasteiger partial charge in [0, 0.05) is 0 Å². The summed E-state index contributed by atoms with van der Waals surface area (Å²) in [7, 11) is 0. The van der Waals surface area contributed by atoms with Crippen molar-refractivity contribution in [1.29, 1.82) is 0 Å². The molecule has 0 amide bonds. The van der Waals surface area contributed by atoms with Crippen LogP contribution < -0.4 is 5.73 Å². The van der Waals surface area contributed by atoms with E-state index in [1.165, 1.54) is 154 Å². The first-order chi connectivity index (χ1) is 14.3. The summed E-state index contributed by atoms with van der Waals surface area (Å²) < 4.78 is 0. The van der Waals surface area contributed by atoms with E-state index < -0.39 is 0 Å². The third-order valence-electron chi connectivity index (χ3n) is 6.77. The van der Waals surface area contributed by atoms with Crippen LogP contribution in [-0.2, 0) is 0 Å². The van der Waals surface area contributed by atoms with Crippen LogP contribution in [0, 0.1) is 5.92 Å². The number of hydrogen-bond acceptors (Lipinski definition) is 1. The van der Waals surface area contributed by atoms with Gasteiger partial charge in [-0.15, -0.1) is 0 Å². The van der Waals surface area contributed by atoms with E-state index in [4.69, 9.17) is 5.73 Å². The minimum atomic E-state index is 0.798. The SMILES string of the molecule is CCCCCCCCCCCCCCC(CN)CCCCCCCCCCCC. The molecule has 2 N–H and O–H groups in total. The van der Waals surface area contributed by atoms with Gasteiger partial charge < -0.3 is 5.73 Å². The maximum Gasteiger partial charge on any atom is -0.00489 e. The lowest BCUT2D eigenvalue weighted by Crippen LogP contribution is -2.14. The second-order valence-electron chi connectivity index (χ2n) is 9.75. The molecule has 0 spiro atoms. The van der Waals surface area contributed by atoms with Crippen molar-refractivity contribution in [2.75, 3.05) is 6.54 Å². The average molecular weight is 410 g/mol. The van der Waals surface area contributed by atoms with Crippen molar-refractivity contribution in [3.8, 4) is 0 Å². The van der Waals surface area contributed by atoms with Gasteiger partial charge in [-0.3, -0.25) is 0 Å². The molecule has 0 aliphatic heterocycles. The van der Waals surface area contributed by atoms with Gasteiger partial charge in [-0.1, -0.05) is 155 Å². The Balaban J connectivity index is 3.27. The van der Waals surface area contributed by atoms with E-state index in [1.54, 1.807) is 0 Å². The highest BCUT2D eigenvalue weighted by Crippen LogP contribution is 2.19. The zero-order valence-electron chi connectivity index (χ0n) is 20.8. The predicted molar refractivity (Wildman–Crippen MR) is 135 cm³/mol. The molecule has 0 aromatic heterocycles. The van der Waals surface area contributed by atoms with Crippen LogP contribution in [0.2, 0.25) is 0 Å². The molecule has 1 heteroatoms. The van der Waals surface area contributed by atoms with Gasteiger partial charge in [0.05, 0.1) is 0 Å². The molecular formula is C28H59N. The van der Waals surface area contributed by atoms with Crippen LogP contribution in [0.1, 0.15) is 168 Å². The van der Waals surface area contributed by atoms with Crippen LogP contribution >= 0.6 is 0 Å². The van der Waals surface area contributed by atoms with Crippen molar-refractivity contribution in [3.05, 3.63) is 0 Å². The summed E-state index contributed by atoms with van der Waals surface area (Å²) in [5.41, 5.74) is 6.03. The molecule has 0 aliphatic rings. The van der Waals surface area contributed by atoms with Crippen LogP contribution in [0.4, 0.5) is 0 Å². The fourth-order valence-corrected chi connectivity index (χ4v) is 4.57. The Morgan fingerprint density at radius 1 is 0.379 bits per heavy atom. The van der Waals surface area contributed by atoms with Crippen molar-refractivity contribution < 1.29 is 0 Å². The number of unbranched alkanes of at least 4 members (excludes halogenated alkanes) is 20. The fourth-order valence-electron chi connectivity index (χ4n) is 4.57. The Kier molecular flexibility index (Phi) is 26.0. The summed E-state index contributed by atoms with van der Waals surface area (Å²) in [4.78, 5) is 0. The minimum Gasteiger partial charge on any atom is -0.330 e. The highest BCUT2D eigenvalue weighted by molar-refractivity contribution is 4.61. The van der Waals surface area contributed by atoms with Gasteiger partial charge in [0.15, 0.2) is 0 Å². The van der Waals surface area contributed by atoms with E-state index in [9.17, 15) is 0 Å². The third-order valence-corrected chi connectivity index (χ3v) is 6.77. The van der Waals surface area contributed by atoms with Crippen LogP contribution in [0.3, 0.4) is 0 Å². The van der Waals surface area contributed by atoms with Gasteiger partial charge in [-0.2, -0.15) is 0 Å². The fraction of sp³-hybridized carbons (Fsp3) is 1.00. The smallest absolute Gasteiger partial charge is 0.00489 e. The molecule has 176 valence electrons. The quantitative estimate of drug-likeness (QED) is 0.149. The number of hydrogen-bond donors (Lipinski definition) is 1. The van der Waals surface area contributed by atoms with Gasteiger partial charge >= 0.3 is 0 Å². The first-order valence-electron chi connectivity index (χ1n) is 14.0. The van der Waals surface area contributed by atoms with E-state index >= 15 is 0 Å². The minimum absolute atomic E-state index is 0.798. The van der Waals surface area contributed by atoms with Crippen molar-refractivity contribution in [3.63, 3.8) is 0 Å². The average Bonchev–Trinajstić information content (AvgIpc) is 2.74. The third kappa shape index (κ3) is 24.1. The zero-order chi connectivity index (χ0) is 21.3. The number of nitrogens with two attached hydrogens (primary N) is 1. The van der Waals surface area contributed by atoms with E-state index in [-0.39, 0.29) is 0 Å². The molecule has 1 unspecified atom stereocenters. The Labute approximate surface area is 186 Å². The summed E-state index contributed by atoms with van der Waals surface area (Å²) >= 11 is 0. The summed E-state index contributed by atoms with van der Waals surface area (Å²) in [5.74, 6) is 0.798. The normalized spacial score (nSPS) is 12.5. The zero-order valence-corrected chi connectivity index (χ0v) is 20.8. The standard InChI is InChI=1S/C28H59N/c1-3-5-7-9-11-13-15-16-18-20-22-24-26-28(27-29)25-23-21-19-17-14-12-10-8-6-4-2/h28H,3-27,29H2,1-2H3. The summed E-state index contributed by atoms with van der Waals surface area (Å²) in [6, 6.07) is 0. The molecule has 0 aromatic carbocycles. The maximum absolute atomic E-state index is 6.03. The van der Waals surface area contributed by atoms with E-state index in [1.807, 2.05) is 0 Å². The summed E-state index contributed by atoms with van der Waals surface area (Å²) in [6.07, 6.45) is 34.5. The van der Waals surface area contributed by atoms with Crippen molar-refractivity contribution in [2.24, 2.45) is 11.7 Å². The molecule has 0 fully saturated rings. The molecule has 0 saturated carbocycles. The van der Waals surface area contributed by atoms with Crippen LogP contribution in [0.15, 0.2) is 0 Å². The second-order valence-corrected chi connectivity index (χ2v) is 9.75. The van der Waals surface area contributed by atoms with Gasteiger partial charge in [-0.05, 0) is 25.3 Å². The van der Waals surface area contributed by atoms with Gasteiger partial charge in [-0.25, -0.2) is 0 Å². The van der Waals surface area contributed by atoms with Crippen molar-refractivity contribution in [1.82, 2.24) is 0 Å². The first kappa shape index (κ1) is 29.0. The topological polar surface area (TPSA) is 26.0 Å². The van der Waals surface area contributed by atoms with Crippen LogP contribution in [-0.4, -0.2) is 6.54 Å². The van der Waals surface area contributed by atoms with E-state index in [0.717, 1.165) is 12.5 Å². The Morgan fingerprint density at radius 3 is 0.862 bits per heavy atom. The molecule has 0 rings (SSSR count). The van der Waals surface area contributed by atoms with Crippen LogP contribution in [0.5, 0.6) is 0 Å². The maximum atomic E-state index is 6.03. The second kappa shape index (κ2) is 26.0. The lowest BCUT2D eigenvalue weighted by atomic mass is 9.94. The van der Waals surface area contributed by atoms with E-state index in [2.05, 4.69) is 13.8 Å². The van der Waals surface area contributed by atoms with Gasteiger partial charge in [0.1, 0.15) is 0 Å². The monoisotopic (exact) mass is 409 g/mol. The molecule has 0 saturated heterocycles. The number of rotatable bonds is 25. The van der Waals surface area contributed by atoms with Crippen molar-refractivity contribution >= 4 is 0 Å². The predicted octanol–water partition coefficient (Wildman–Crippen LogP) is 9.96. The Bertz CT molecular complexity index is 275. The first-order valence-corrected chi connectivity index (χ1v) is 14.0. The molecule has 0 bridgehead atoms. The highest BCUT2D eigenvalue weighted by atomic mass is 14.5. The molecule has 0 aliphatic carbocycles. The lowest BCUT2D eigenvalue weighted by molar-refractivity contribution is 0.409. The molecule has 0 heterocycles. The Hall–Kier alpha value is -0.0400. The highest BCUT2D eigenvalue weighted by Gasteiger charge is 2.06. The summed E-state index contributed by atoms with van der Waals surface area (Å²) in [6.45, 7) is 5.51. The Morgan fingerprint density at radius 2 is 0.621 bits per heavy atom. The molecule has 29 heavy (non-hydrogen) atoms. The molecular weight excluding hydrogens is 350 g/mol. The molecule has 0 radical (unpaired) electrons. The van der Waals surface area contributed by atoms with Crippen LogP contribution in [0.25, 0.3) is 0 Å². The molecule has 1 nitrogen and oxygen atoms in total. The van der Waals surface area contributed by atoms with Gasteiger partial charge in [0.2, 0.25) is 0 Å². The molecule has 1 atom stereocenters. The molecule has 0 aromatic rings. The summed E-state index contributed by atoms with van der Waals surface area (Å²) in [5, 5.41) is 0. The van der Waals surface area contributed by atoms with E-state index in [0.29, 0.717) is 0 Å². The van der Waals surface area contributed by atoms with Crippen molar-refractivity contribution in [2.45, 2.75) is 168 Å². The lowest BCUT2D eigenvalue weighted by Gasteiger charge is -2.14. The van der Waals surface area contributed by atoms with Gasteiger partial charge in [0.25, 0.3) is 0 Å². The largest absolute Gasteiger partial charge is 0.330 e.